The van der Waals surface area contributed by atoms with Crippen molar-refractivity contribution in [1.82, 2.24) is 20.4 Å². The molecule has 4 N–H and O–H groups in total. The largest absolute Gasteiger partial charge is 0.368 e. The van der Waals surface area contributed by atoms with Gasteiger partial charge in [-0.05, 0) is 37.1 Å². The second kappa shape index (κ2) is 10.8. The average Bonchev–Trinajstić information content (AvgIpc) is 3.19. The van der Waals surface area contributed by atoms with E-state index in [1.807, 2.05) is 6.07 Å². The van der Waals surface area contributed by atoms with Gasteiger partial charge in [-0.25, -0.2) is 4.79 Å². The molecule has 9 nitrogen and oxygen atoms in total. The number of urea groups is 1. The molecule has 2 aliphatic rings. The highest BCUT2D eigenvalue weighted by molar-refractivity contribution is 6.03. The van der Waals surface area contributed by atoms with Gasteiger partial charge in [0.25, 0.3) is 11.8 Å². The number of hydrogen-bond donors (Lipinski definition) is 3. The van der Waals surface area contributed by atoms with Crippen molar-refractivity contribution in [3.8, 4) is 0 Å². The van der Waals surface area contributed by atoms with Gasteiger partial charge in [0.2, 0.25) is 0 Å². The normalized spacial score (nSPS) is 18.2. The summed E-state index contributed by atoms with van der Waals surface area (Å²) in [4.78, 5) is 42.6. The molecule has 186 valence electrons. The number of piperazine rings is 1. The number of aryl methyl sites for hydroxylation is 1. The maximum Gasteiger partial charge on any atom is 0.319 e. The highest BCUT2D eigenvalue weighted by Gasteiger charge is 2.26. The highest BCUT2D eigenvalue weighted by atomic mass is 16.2. The van der Waals surface area contributed by atoms with E-state index in [4.69, 9.17) is 5.73 Å². The van der Waals surface area contributed by atoms with Crippen LogP contribution in [0.25, 0.3) is 0 Å². The molecule has 1 atom stereocenters. The van der Waals surface area contributed by atoms with Crippen LogP contribution in [0.3, 0.4) is 0 Å². The van der Waals surface area contributed by atoms with Crippen molar-refractivity contribution in [1.29, 1.82) is 0 Å². The van der Waals surface area contributed by atoms with Gasteiger partial charge in [-0.3, -0.25) is 9.59 Å². The van der Waals surface area contributed by atoms with E-state index >= 15 is 0 Å². The van der Waals surface area contributed by atoms with Gasteiger partial charge in [0.15, 0.2) is 0 Å². The second-order valence-electron chi connectivity index (χ2n) is 9.26. The molecule has 0 bridgehead atoms. The summed E-state index contributed by atoms with van der Waals surface area (Å²) < 4.78 is 0. The van der Waals surface area contributed by atoms with Crippen LogP contribution in [0.1, 0.15) is 44.3 Å². The Bertz CT molecular complexity index is 1090. The van der Waals surface area contributed by atoms with Crippen LogP contribution >= 0.6 is 0 Å². The van der Waals surface area contributed by atoms with Crippen molar-refractivity contribution >= 4 is 23.5 Å². The molecule has 9 heteroatoms. The molecule has 0 aliphatic carbocycles. The van der Waals surface area contributed by atoms with Crippen LogP contribution in [0, 0.1) is 6.92 Å². The molecule has 0 spiro atoms. The first-order valence-corrected chi connectivity index (χ1v) is 12.1. The Balaban J connectivity index is 1.39. The summed E-state index contributed by atoms with van der Waals surface area (Å²) in [5.74, 6) is -0.821. The first-order chi connectivity index (χ1) is 16.8. The fourth-order valence-electron chi connectivity index (χ4n) is 4.63. The number of benzene rings is 2. The monoisotopic (exact) mass is 478 g/mol. The van der Waals surface area contributed by atoms with E-state index in [0.29, 0.717) is 43.7 Å². The Labute approximate surface area is 206 Å². The Kier molecular flexibility index (Phi) is 7.55. The lowest BCUT2D eigenvalue weighted by atomic mass is 10.0. The van der Waals surface area contributed by atoms with Gasteiger partial charge < -0.3 is 31.1 Å². The molecular weight excluding hydrogens is 444 g/mol. The molecule has 1 unspecified atom stereocenters. The van der Waals surface area contributed by atoms with E-state index in [0.717, 1.165) is 25.3 Å². The first kappa shape index (κ1) is 24.5. The molecule has 35 heavy (non-hydrogen) atoms. The number of carbonyl (C=O) groups excluding carboxylic acids is 3. The van der Waals surface area contributed by atoms with Crippen LogP contribution in [-0.4, -0.2) is 80.5 Å². The molecule has 2 aromatic carbocycles. The molecule has 4 rings (SSSR count). The van der Waals surface area contributed by atoms with Crippen LogP contribution in [0.15, 0.2) is 42.5 Å². The number of nitrogens with two attached hydrogens (primary N) is 1. The fourth-order valence-corrected chi connectivity index (χ4v) is 4.63. The minimum Gasteiger partial charge on any atom is -0.368 e. The van der Waals surface area contributed by atoms with Gasteiger partial charge in [0.05, 0.1) is 5.56 Å². The van der Waals surface area contributed by atoms with E-state index in [1.54, 1.807) is 29.0 Å². The molecule has 2 saturated heterocycles. The SMILES string of the molecule is Cc1ccc(C2CN(c3ccc(C(=O)NCCCN4CCN(C)C4=O)cc3C(N)=O)CCN2)cc1. The lowest BCUT2D eigenvalue weighted by molar-refractivity contribution is 0.0952. The molecule has 0 radical (unpaired) electrons. The Morgan fingerprint density at radius 3 is 2.57 bits per heavy atom. The predicted molar refractivity (Wildman–Crippen MR) is 136 cm³/mol. The van der Waals surface area contributed by atoms with Crippen molar-refractivity contribution in [2.24, 2.45) is 5.73 Å². The van der Waals surface area contributed by atoms with Crippen molar-refractivity contribution < 1.29 is 14.4 Å². The quantitative estimate of drug-likeness (QED) is 0.501. The Morgan fingerprint density at radius 2 is 1.89 bits per heavy atom. The van der Waals surface area contributed by atoms with Crippen molar-refractivity contribution in [3.63, 3.8) is 0 Å². The minimum atomic E-state index is -0.559. The molecule has 0 aromatic heterocycles. The number of amides is 4. The van der Waals surface area contributed by atoms with Gasteiger partial charge in [-0.2, -0.15) is 0 Å². The standard InChI is InChI=1S/C26H34N6O3/c1-18-4-6-19(7-5-18)22-17-32(13-11-28-22)23-9-8-20(16-21(23)24(27)33)25(34)29-10-3-12-31-15-14-30(2)26(31)35/h4-9,16,22,28H,3,10-15,17H2,1-2H3,(H2,27,33)(H,29,34). The Morgan fingerprint density at radius 1 is 1.11 bits per heavy atom. The van der Waals surface area contributed by atoms with Gasteiger partial charge in [-0.15, -0.1) is 0 Å². The van der Waals surface area contributed by atoms with Gasteiger partial charge >= 0.3 is 6.03 Å². The highest BCUT2D eigenvalue weighted by Crippen LogP contribution is 2.27. The minimum absolute atomic E-state index is 0.0237. The topological polar surface area (TPSA) is 111 Å². The lowest BCUT2D eigenvalue weighted by Gasteiger charge is -2.36. The summed E-state index contributed by atoms with van der Waals surface area (Å²) in [5.41, 5.74) is 9.59. The Hall–Kier alpha value is -3.59. The summed E-state index contributed by atoms with van der Waals surface area (Å²) in [6, 6.07) is 13.7. The van der Waals surface area contributed by atoms with Crippen LogP contribution in [0.4, 0.5) is 10.5 Å². The average molecular weight is 479 g/mol. The number of nitrogens with zero attached hydrogens (tertiary/aromatic N) is 3. The molecule has 2 aliphatic heterocycles. The maximum atomic E-state index is 12.7. The lowest BCUT2D eigenvalue weighted by Crippen LogP contribution is -2.46. The van der Waals surface area contributed by atoms with Crippen LogP contribution < -0.4 is 21.3 Å². The van der Waals surface area contributed by atoms with E-state index in [2.05, 4.69) is 46.7 Å². The zero-order valence-corrected chi connectivity index (χ0v) is 20.4. The second-order valence-corrected chi connectivity index (χ2v) is 9.26. The zero-order valence-electron chi connectivity index (χ0n) is 20.4. The van der Waals surface area contributed by atoms with Crippen LogP contribution in [0.2, 0.25) is 0 Å². The van der Waals surface area contributed by atoms with Crippen molar-refractivity contribution in [2.75, 3.05) is 57.8 Å². The number of rotatable bonds is 8. The summed E-state index contributed by atoms with van der Waals surface area (Å²) in [6.45, 7) is 6.74. The predicted octanol–water partition coefficient (Wildman–Crippen LogP) is 1.73. The number of likely N-dealkylation sites (N-methyl/N-ethyl adjacent to an activating group) is 1. The summed E-state index contributed by atoms with van der Waals surface area (Å²) >= 11 is 0. The smallest absolute Gasteiger partial charge is 0.319 e. The number of nitrogens with one attached hydrogen (secondary N) is 2. The molecular formula is C26H34N6O3. The summed E-state index contributed by atoms with van der Waals surface area (Å²) in [5, 5.41) is 6.42. The third-order valence-electron chi connectivity index (χ3n) is 6.71. The number of primary amides is 1. The van der Waals surface area contributed by atoms with E-state index < -0.39 is 5.91 Å². The number of anilines is 1. The third-order valence-corrected chi connectivity index (χ3v) is 6.71. The number of hydrogen-bond acceptors (Lipinski definition) is 5. The summed E-state index contributed by atoms with van der Waals surface area (Å²) in [7, 11) is 1.78. The molecule has 0 saturated carbocycles. The molecule has 2 fully saturated rings. The zero-order chi connectivity index (χ0) is 24.9. The first-order valence-electron chi connectivity index (χ1n) is 12.1. The van der Waals surface area contributed by atoms with E-state index in [1.165, 1.54) is 11.1 Å². The molecule has 2 aromatic rings. The third kappa shape index (κ3) is 5.74. The fraction of sp³-hybridized carbons (Fsp3) is 0.423. The number of carbonyl (C=O) groups is 3. The van der Waals surface area contributed by atoms with Gasteiger partial charge in [0, 0.05) is 70.2 Å². The van der Waals surface area contributed by atoms with Gasteiger partial charge in [0.1, 0.15) is 0 Å². The van der Waals surface area contributed by atoms with Crippen molar-refractivity contribution in [3.05, 3.63) is 64.7 Å². The molecule has 2 heterocycles. The van der Waals surface area contributed by atoms with Crippen LogP contribution in [-0.2, 0) is 0 Å². The van der Waals surface area contributed by atoms with E-state index in [9.17, 15) is 14.4 Å². The van der Waals surface area contributed by atoms with E-state index in [-0.39, 0.29) is 18.0 Å². The molecule has 4 amide bonds. The maximum absolute atomic E-state index is 12.7. The van der Waals surface area contributed by atoms with Crippen molar-refractivity contribution in [2.45, 2.75) is 19.4 Å². The summed E-state index contributed by atoms with van der Waals surface area (Å²) in [6.07, 6.45) is 0.660. The van der Waals surface area contributed by atoms with Gasteiger partial charge in [-0.1, -0.05) is 29.8 Å². The van der Waals surface area contributed by atoms with Crippen LogP contribution in [0.5, 0.6) is 0 Å².